The molecule has 34 heavy (non-hydrogen) atoms. The Labute approximate surface area is 196 Å². The summed E-state index contributed by atoms with van der Waals surface area (Å²) in [6, 6.07) is 19.3. The van der Waals surface area contributed by atoms with Gasteiger partial charge in [0.2, 0.25) is 0 Å². The van der Waals surface area contributed by atoms with Crippen LogP contribution >= 0.6 is 0 Å². The lowest BCUT2D eigenvalue weighted by Crippen LogP contribution is -2.29. The van der Waals surface area contributed by atoms with Gasteiger partial charge in [0.15, 0.2) is 0 Å². The van der Waals surface area contributed by atoms with E-state index in [0.29, 0.717) is 22.8 Å². The third kappa shape index (κ3) is 3.27. The van der Waals surface area contributed by atoms with E-state index in [1.165, 1.54) is 11.2 Å². The van der Waals surface area contributed by atoms with Crippen molar-refractivity contribution < 1.29 is 23.8 Å². The number of methoxy groups -OCH3 is 1. The summed E-state index contributed by atoms with van der Waals surface area (Å²) in [5, 5.41) is 13.2. The molecule has 1 fully saturated rings. The van der Waals surface area contributed by atoms with Gasteiger partial charge in [0.1, 0.15) is 23.3 Å². The Morgan fingerprint density at radius 2 is 1.74 bits per heavy atom. The Balaban J connectivity index is 1.77. The zero-order valence-corrected chi connectivity index (χ0v) is 19.0. The van der Waals surface area contributed by atoms with E-state index < -0.39 is 17.7 Å². The molecule has 6 heteroatoms. The molecule has 1 saturated heterocycles. The fraction of sp³-hybridized carbons (Fsp3) is 0.143. The molecule has 0 saturated carbocycles. The van der Waals surface area contributed by atoms with Crippen molar-refractivity contribution in [1.29, 1.82) is 0 Å². The summed E-state index contributed by atoms with van der Waals surface area (Å²) in [5.74, 6) is -0.669. The number of aryl methyl sites for hydroxylation is 2. The minimum Gasteiger partial charge on any atom is -0.507 e. The van der Waals surface area contributed by atoms with Crippen molar-refractivity contribution in [3.05, 3.63) is 101 Å². The average molecular weight is 453 g/mol. The number of furan rings is 1. The minimum absolute atomic E-state index is 0.0134. The average Bonchev–Trinajstić information content (AvgIpc) is 3.46. The SMILES string of the molecule is COc1cc(C)c(/C(O)=C2/C(=O)C(=O)N(c3cccc4ccccc34)C2c2ccco2)cc1C. The first kappa shape index (κ1) is 21.5. The highest BCUT2D eigenvalue weighted by Gasteiger charge is 2.48. The molecule has 3 aromatic carbocycles. The van der Waals surface area contributed by atoms with E-state index in [4.69, 9.17) is 9.15 Å². The fourth-order valence-corrected chi connectivity index (χ4v) is 4.63. The molecule has 4 aromatic rings. The predicted octanol–water partition coefficient (Wildman–Crippen LogP) is 5.68. The number of anilines is 1. The topological polar surface area (TPSA) is 80.0 Å². The summed E-state index contributed by atoms with van der Waals surface area (Å²) in [5.41, 5.74) is 2.54. The van der Waals surface area contributed by atoms with Crippen molar-refractivity contribution in [2.75, 3.05) is 12.0 Å². The Kier molecular flexibility index (Phi) is 5.21. The molecular formula is C28H23NO5. The summed E-state index contributed by atoms with van der Waals surface area (Å²) in [7, 11) is 1.58. The number of hydrogen-bond acceptors (Lipinski definition) is 5. The van der Waals surface area contributed by atoms with Crippen molar-refractivity contribution in [2.45, 2.75) is 19.9 Å². The van der Waals surface area contributed by atoms with Crippen molar-refractivity contribution in [2.24, 2.45) is 0 Å². The number of fused-ring (bicyclic) bond motifs is 1. The van der Waals surface area contributed by atoms with Crippen LogP contribution in [0, 0.1) is 13.8 Å². The van der Waals surface area contributed by atoms with Crippen LogP contribution in [-0.2, 0) is 9.59 Å². The smallest absolute Gasteiger partial charge is 0.300 e. The number of aliphatic hydroxyl groups is 1. The number of aliphatic hydroxyl groups excluding tert-OH is 1. The molecule has 1 N–H and O–H groups in total. The molecule has 0 bridgehead atoms. The van der Waals surface area contributed by atoms with Crippen molar-refractivity contribution >= 4 is 33.9 Å². The summed E-state index contributed by atoms with van der Waals surface area (Å²) in [6.45, 7) is 3.67. The Hall–Kier alpha value is -4.32. The van der Waals surface area contributed by atoms with E-state index in [-0.39, 0.29) is 11.3 Å². The van der Waals surface area contributed by atoms with Gasteiger partial charge in [-0.25, -0.2) is 0 Å². The Bertz CT molecular complexity index is 1460. The van der Waals surface area contributed by atoms with Crippen LogP contribution in [0.15, 0.2) is 83.0 Å². The number of amides is 1. The van der Waals surface area contributed by atoms with Crippen LogP contribution in [0.4, 0.5) is 5.69 Å². The van der Waals surface area contributed by atoms with Crippen LogP contribution in [0.5, 0.6) is 5.75 Å². The van der Waals surface area contributed by atoms with E-state index in [2.05, 4.69) is 0 Å². The van der Waals surface area contributed by atoms with Gasteiger partial charge in [-0.3, -0.25) is 14.5 Å². The lowest BCUT2D eigenvalue weighted by molar-refractivity contribution is -0.132. The molecule has 6 nitrogen and oxygen atoms in total. The molecule has 0 aliphatic carbocycles. The lowest BCUT2D eigenvalue weighted by Gasteiger charge is -2.25. The molecule has 1 aromatic heterocycles. The monoisotopic (exact) mass is 453 g/mol. The maximum Gasteiger partial charge on any atom is 0.300 e. The summed E-state index contributed by atoms with van der Waals surface area (Å²) >= 11 is 0. The first-order chi connectivity index (χ1) is 16.4. The molecule has 1 aliphatic heterocycles. The van der Waals surface area contributed by atoms with Crippen LogP contribution in [0.25, 0.3) is 16.5 Å². The highest BCUT2D eigenvalue weighted by molar-refractivity contribution is 6.52. The molecule has 0 spiro atoms. The number of carbonyl (C=O) groups excluding carboxylic acids is 2. The number of Topliss-reactive ketones (excluding diaryl/α,β-unsaturated/α-hetero) is 1. The van der Waals surface area contributed by atoms with Gasteiger partial charge in [-0.1, -0.05) is 36.4 Å². The molecule has 1 atom stereocenters. The van der Waals surface area contributed by atoms with Crippen molar-refractivity contribution in [3.8, 4) is 5.75 Å². The molecule has 1 amide bonds. The predicted molar refractivity (Wildman–Crippen MR) is 130 cm³/mol. The standard InChI is InChI=1S/C28H23NO5/c1-16-15-23(33-3)17(2)14-20(16)26(30)24-25(22-12-7-13-34-22)29(28(32)27(24)31)21-11-6-9-18-8-4-5-10-19(18)21/h4-15,25,30H,1-3H3/b26-24-. The van der Waals surface area contributed by atoms with E-state index >= 15 is 0 Å². The van der Waals surface area contributed by atoms with Gasteiger partial charge >= 0.3 is 0 Å². The highest BCUT2D eigenvalue weighted by atomic mass is 16.5. The number of carbonyl (C=O) groups is 2. The molecule has 170 valence electrons. The van der Waals surface area contributed by atoms with Crippen molar-refractivity contribution in [1.82, 2.24) is 0 Å². The molecule has 0 radical (unpaired) electrons. The number of hydrogen-bond donors (Lipinski definition) is 1. The van der Waals surface area contributed by atoms with E-state index in [0.717, 1.165) is 21.9 Å². The van der Waals surface area contributed by atoms with Gasteiger partial charge < -0.3 is 14.3 Å². The zero-order valence-electron chi connectivity index (χ0n) is 19.0. The Morgan fingerprint density at radius 1 is 0.971 bits per heavy atom. The van der Waals surface area contributed by atoms with Crippen LogP contribution in [0.2, 0.25) is 0 Å². The normalized spacial score (nSPS) is 17.5. The summed E-state index contributed by atoms with van der Waals surface area (Å²) in [6.07, 6.45) is 1.49. The maximum absolute atomic E-state index is 13.4. The number of ether oxygens (including phenoxy) is 1. The second-order valence-electron chi connectivity index (χ2n) is 8.32. The summed E-state index contributed by atoms with van der Waals surface area (Å²) in [4.78, 5) is 28.2. The largest absolute Gasteiger partial charge is 0.507 e. The number of nitrogens with zero attached hydrogens (tertiary/aromatic N) is 1. The van der Waals surface area contributed by atoms with E-state index in [1.54, 1.807) is 37.4 Å². The lowest BCUT2D eigenvalue weighted by atomic mass is 9.95. The molecule has 1 aliphatic rings. The zero-order chi connectivity index (χ0) is 24.0. The minimum atomic E-state index is -0.914. The molecule has 2 heterocycles. The van der Waals surface area contributed by atoms with Gasteiger partial charge in [0.25, 0.3) is 11.7 Å². The third-order valence-electron chi connectivity index (χ3n) is 6.28. The third-order valence-corrected chi connectivity index (χ3v) is 6.28. The molecular weight excluding hydrogens is 430 g/mol. The maximum atomic E-state index is 13.4. The van der Waals surface area contributed by atoms with Crippen LogP contribution in [0.1, 0.15) is 28.5 Å². The van der Waals surface area contributed by atoms with Crippen molar-refractivity contribution in [3.63, 3.8) is 0 Å². The molecule has 5 rings (SSSR count). The number of rotatable bonds is 4. The molecule has 1 unspecified atom stereocenters. The second kappa shape index (κ2) is 8.23. The first-order valence-corrected chi connectivity index (χ1v) is 10.9. The quantitative estimate of drug-likeness (QED) is 0.244. The van der Waals surface area contributed by atoms with Gasteiger partial charge in [-0.05, 0) is 60.7 Å². The van der Waals surface area contributed by atoms with Crippen LogP contribution < -0.4 is 9.64 Å². The fourth-order valence-electron chi connectivity index (χ4n) is 4.63. The van der Waals surface area contributed by atoms with E-state index in [1.807, 2.05) is 50.2 Å². The Morgan fingerprint density at radius 3 is 2.47 bits per heavy atom. The van der Waals surface area contributed by atoms with E-state index in [9.17, 15) is 14.7 Å². The van der Waals surface area contributed by atoms with Gasteiger partial charge in [0, 0.05) is 10.9 Å². The van der Waals surface area contributed by atoms with Crippen LogP contribution in [-0.4, -0.2) is 23.9 Å². The first-order valence-electron chi connectivity index (χ1n) is 10.9. The highest BCUT2D eigenvalue weighted by Crippen LogP contribution is 2.44. The summed E-state index contributed by atoms with van der Waals surface area (Å²) < 4.78 is 11.1. The number of benzene rings is 3. The van der Waals surface area contributed by atoms with Gasteiger partial charge in [-0.15, -0.1) is 0 Å². The number of ketones is 1. The van der Waals surface area contributed by atoms with Crippen LogP contribution in [0.3, 0.4) is 0 Å². The second-order valence-corrected chi connectivity index (χ2v) is 8.32. The van der Waals surface area contributed by atoms with Gasteiger partial charge in [0.05, 0.1) is 24.6 Å². The van der Waals surface area contributed by atoms with Gasteiger partial charge in [-0.2, -0.15) is 0 Å².